The van der Waals surface area contributed by atoms with Gasteiger partial charge in [-0.05, 0) is 36.7 Å². The van der Waals surface area contributed by atoms with E-state index in [9.17, 15) is 9.59 Å². The molecule has 0 bridgehead atoms. The Labute approximate surface area is 168 Å². The van der Waals surface area contributed by atoms with E-state index >= 15 is 0 Å². The summed E-state index contributed by atoms with van der Waals surface area (Å²) in [5, 5.41) is 7.31. The molecule has 0 aliphatic rings. The number of hydrogen-bond donors (Lipinski definition) is 2. The predicted molar refractivity (Wildman–Crippen MR) is 113 cm³/mol. The van der Waals surface area contributed by atoms with Gasteiger partial charge in [0, 0.05) is 13.1 Å². The molecule has 28 heavy (non-hydrogen) atoms. The van der Waals surface area contributed by atoms with Crippen molar-refractivity contribution in [2.75, 3.05) is 31.5 Å². The van der Waals surface area contributed by atoms with Gasteiger partial charge in [0.05, 0.1) is 22.5 Å². The molecule has 8 heteroatoms. The molecule has 0 fully saturated rings. The number of thiophene rings is 1. The number of nitrogens with zero attached hydrogens (tertiary/aromatic N) is 3. The van der Waals surface area contributed by atoms with E-state index in [-0.39, 0.29) is 18.4 Å². The number of rotatable bonds is 9. The van der Waals surface area contributed by atoms with E-state index in [1.807, 2.05) is 34.2 Å². The number of hydrogen-bond acceptors (Lipinski definition) is 5. The van der Waals surface area contributed by atoms with Gasteiger partial charge in [-0.1, -0.05) is 32.0 Å². The summed E-state index contributed by atoms with van der Waals surface area (Å²) in [5.74, 6) is -0.0479. The Morgan fingerprint density at radius 2 is 1.93 bits per heavy atom. The maximum absolute atomic E-state index is 12.4. The quantitative estimate of drug-likeness (QED) is 0.580. The van der Waals surface area contributed by atoms with Gasteiger partial charge in [0.2, 0.25) is 11.9 Å². The third kappa shape index (κ3) is 4.76. The van der Waals surface area contributed by atoms with Crippen LogP contribution in [0, 0.1) is 0 Å². The van der Waals surface area contributed by atoms with Crippen LogP contribution in [0.2, 0.25) is 0 Å². The summed E-state index contributed by atoms with van der Waals surface area (Å²) in [7, 11) is 0. The molecular formula is C20H25N5O2S. The Morgan fingerprint density at radius 3 is 2.64 bits per heavy atom. The monoisotopic (exact) mass is 399 g/mol. The normalized spacial score (nSPS) is 11.1. The van der Waals surface area contributed by atoms with E-state index in [0.717, 1.165) is 37.2 Å². The standard InChI is InChI=1S/C20H25N5O2S/c1-3-24(4-2)11-12-25-16-9-6-5-8-15(16)22-20(25)23-18(26)14-21-19(27)17-10-7-13-28-17/h5-10,13H,3-4,11-12,14H2,1-2H3,(H,21,27)(H,22,23,26). The molecule has 0 saturated carbocycles. The van der Waals surface area contributed by atoms with Crippen molar-refractivity contribution >= 4 is 40.1 Å². The van der Waals surface area contributed by atoms with Crippen molar-refractivity contribution in [1.82, 2.24) is 19.8 Å². The summed E-state index contributed by atoms with van der Waals surface area (Å²) >= 11 is 1.34. The number of carbonyl (C=O) groups is 2. The molecule has 3 rings (SSSR count). The minimum Gasteiger partial charge on any atom is -0.342 e. The summed E-state index contributed by atoms with van der Waals surface area (Å²) in [4.78, 5) is 31.9. The summed E-state index contributed by atoms with van der Waals surface area (Å²) in [6.07, 6.45) is 0. The van der Waals surface area contributed by atoms with Gasteiger partial charge in [-0.15, -0.1) is 11.3 Å². The van der Waals surface area contributed by atoms with Crippen LogP contribution in [-0.2, 0) is 11.3 Å². The molecule has 0 aliphatic heterocycles. The molecule has 2 aromatic heterocycles. The van der Waals surface area contributed by atoms with Crippen LogP contribution in [-0.4, -0.2) is 52.4 Å². The largest absolute Gasteiger partial charge is 0.342 e. The minimum absolute atomic E-state index is 0.101. The highest BCUT2D eigenvalue weighted by atomic mass is 32.1. The summed E-state index contributed by atoms with van der Waals surface area (Å²) < 4.78 is 2.02. The highest BCUT2D eigenvalue weighted by molar-refractivity contribution is 7.12. The van der Waals surface area contributed by atoms with Crippen molar-refractivity contribution in [2.24, 2.45) is 0 Å². The molecule has 148 valence electrons. The topological polar surface area (TPSA) is 79.3 Å². The third-order valence-electron chi connectivity index (χ3n) is 4.59. The zero-order chi connectivity index (χ0) is 19.9. The van der Waals surface area contributed by atoms with Crippen molar-refractivity contribution in [3.63, 3.8) is 0 Å². The fourth-order valence-corrected chi connectivity index (χ4v) is 3.64. The molecule has 3 aromatic rings. The average molecular weight is 400 g/mol. The number of aromatic nitrogens is 2. The highest BCUT2D eigenvalue weighted by Gasteiger charge is 2.15. The van der Waals surface area contributed by atoms with E-state index in [1.165, 1.54) is 11.3 Å². The summed E-state index contributed by atoms with van der Waals surface area (Å²) in [6, 6.07) is 11.3. The van der Waals surface area contributed by atoms with Crippen molar-refractivity contribution in [3.8, 4) is 0 Å². The summed E-state index contributed by atoms with van der Waals surface area (Å²) in [6.45, 7) is 7.70. The fourth-order valence-electron chi connectivity index (χ4n) is 3.00. The van der Waals surface area contributed by atoms with Crippen molar-refractivity contribution in [3.05, 3.63) is 46.7 Å². The molecule has 2 N–H and O–H groups in total. The first-order valence-corrected chi connectivity index (χ1v) is 10.3. The molecule has 7 nitrogen and oxygen atoms in total. The number of para-hydroxylation sites is 2. The molecule has 1 aromatic carbocycles. The predicted octanol–water partition coefficient (Wildman–Crippen LogP) is 2.81. The van der Waals surface area contributed by atoms with Gasteiger partial charge in [0.1, 0.15) is 0 Å². The Bertz CT molecular complexity index is 931. The van der Waals surface area contributed by atoms with Crippen LogP contribution in [0.4, 0.5) is 5.95 Å². The molecule has 0 atom stereocenters. The van der Waals surface area contributed by atoms with Crippen LogP contribution in [0.25, 0.3) is 11.0 Å². The number of amides is 2. The van der Waals surface area contributed by atoms with Gasteiger partial charge < -0.3 is 14.8 Å². The van der Waals surface area contributed by atoms with Crippen LogP contribution in [0.3, 0.4) is 0 Å². The van der Waals surface area contributed by atoms with Crippen LogP contribution in [0.15, 0.2) is 41.8 Å². The number of imidazole rings is 1. The Morgan fingerprint density at radius 1 is 1.14 bits per heavy atom. The zero-order valence-corrected chi connectivity index (χ0v) is 17.0. The number of likely N-dealkylation sites (N-methyl/N-ethyl adjacent to an activating group) is 1. The average Bonchev–Trinajstić information content (AvgIpc) is 3.35. The van der Waals surface area contributed by atoms with Gasteiger partial charge in [-0.2, -0.15) is 0 Å². The lowest BCUT2D eigenvalue weighted by Crippen LogP contribution is -2.33. The lowest BCUT2D eigenvalue weighted by molar-refractivity contribution is -0.115. The van der Waals surface area contributed by atoms with Crippen LogP contribution in [0.5, 0.6) is 0 Å². The lowest BCUT2D eigenvalue weighted by atomic mass is 10.3. The minimum atomic E-state index is -0.302. The maximum Gasteiger partial charge on any atom is 0.261 e. The number of benzene rings is 1. The van der Waals surface area contributed by atoms with Gasteiger partial charge in [-0.3, -0.25) is 14.9 Å². The van der Waals surface area contributed by atoms with Gasteiger partial charge in [-0.25, -0.2) is 4.98 Å². The SMILES string of the molecule is CCN(CC)CCn1c(NC(=O)CNC(=O)c2cccs2)nc2ccccc21. The molecule has 2 heterocycles. The van der Waals surface area contributed by atoms with Crippen molar-refractivity contribution < 1.29 is 9.59 Å². The molecule has 0 spiro atoms. The Hall–Kier alpha value is -2.71. The Kier molecular flexibility index (Phi) is 6.78. The number of carbonyl (C=O) groups excluding carboxylic acids is 2. The second kappa shape index (κ2) is 9.48. The van der Waals surface area contributed by atoms with E-state index < -0.39 is 0 Å². The molecule has 0 aliphatic carbocycles. The van der Waals surface area contributed by atoms with E-state index in [1.54, 1.807) is 12.1 Å². The summed E-state index contributed by atoms with van der Waals surface area (Å²) in [5.41, 5.74) is 1.81. The molecule has 0 unspecified atom stereocenters. The second-order valence-electron chi connectivity index (χ2n) is 6.31. The molecular weight excluding hydrogens is 374 g/mol. The van der Waals surface area contributed by atoms with Crippen LogP contribution in [0.1, 0.15) is 23.5 Å². The number of nitrogens with one attached hydrogen (secondary N) is 2. The number of anilines is 1. The van der Waals surface area contributed by atoms with Crippen LogP contribution < -0.4 is 10.6 Å². The third-order valence-corrected chi connectivity index (χ3v) is 5.46. The number of fused-ring (bicyclic) bond motifs is 1. The molecule has 2 amide bonds. The van der Waals surface area contributed by atoms with Gasteiger partial charge in [0.25, 0.3) is 5.91 Å². The van der Waals surface area contributed by atoms with E-state index in [0.29, 0.717) is 10.8 Å². The van der Waals surface area contributed by atoms with E-state index in [4.69, 9.17) is 0 Å². The first kappa shape index (κ1) is 20.0. The lowest BCUT2D eigenvalue weighted by Gasteiger charge is -2.19. The Balaban J connectivity index is 1.69. The van der Waals surface area contributed by atoms with Gasteiger partial charge in [0.15, 0.2) is 0 Å². The van der Waals surface area contributed by atoms with Crippen molar-refractivity contribution in [2.45, 2.75) is 20.4 Å². The van der Waals surface area contributed by atoms with Crippen molar-refractivity contribution in [1.29, 1.82) is 0 Å². The van der Waals surface area contributed by atoms with Crippen LogP contribution >= 0.6 is 11.3 Å². The van der Waals surface area contributed by atoms with E-state index in [2.05, 4.69) is 34.4 Å². The first-order valence-electron chi connectivity index (χ1n) is 9.41. The second-order valence-corrected chi connectivity index (χ2v) is 7.26. The van der Waals surface area contributed by atoms with Gasteiger partial charge >= 0.3 is 0 Å². The zero-order valence-electron chi connectivity index (χ0n) is 16.1. The smallest absolute Gasteiger partial charge is 0.261 e. The highest BCUT2D eigenvalue weighted by Crippen LogP contribution is 2.19. The maximum atomic E-state index is 12.4. The fraction of sp³-hybridized carbons (Fsp3) is 0.350. The molecule has 0 radical (unpaired) electrons. The molecule has 0 saturated heterocycles. The first-order chi connectivity index (χ1) is 13.6.